The van der Waals surface area contributed by atoms with Gasteiger partial charge in [0.15, 0.2) is 0 Å². The van der Waals surface area contributed by atoms with Gasteiger partial charge in [-0.05, 0) is 55.9 Å². The van der Waals surface area contributed by atoms with E-state index in [9.17, 15) is 4.79 Å². The van der Waals surface area contributed by atoms with E-state index < -0.39 is 0 Å². The van der Waals surface area contributed by atoms with Gasteiger partial charge in [0.25, 0.3) is 0 Å². The third kappa shape index (κ3) is 6.04. The van der Waals surface area contributed by atoms with Crippen LogP contribution in [0.5, 0.6) is 5.75 Å². The molecule has 23 heavy (non-hydrogen) atoms. The Morgan fingerprint density at radius 1 is 1.13 bits per heavy atom. The largest absolute Gasteiger partial charge is 0.494 e. The number of likely N-dealkylation sites (N-methyl/N-ethyl adjacent to an activating group) is 1. The number of halogens is 1. The van der Waals surface area contributed by atoms with Crippen LogP contribution in [0.3, 0.4) is 0 Å². The molecule has 0 fully saturated rings. The number of nitrogens with zero attached hydrogens (tertiary/aromatic N) is 1. The highest BCUT2D eigenvalue weighted by Crippen LogP contribution is 2.15. The standard InChI is InChI=1S/C18H21BrN2O2/c1-3-23-17-10-4-14(5-11-17)12-21(2)13-18(22)20-16-8-6-15(19)7-9-16/h4-11H,3,12-13H2,1-2H3,(H,20,22). The molecule has 0 unspecified atom stereocenters. The van der Waals surface area contributed by atoms with E-state index in [2.05, 4.69) is 21.2 Å². The first-order valence-electron chi connectivity index (χ1n) is 7.52. The van der Waals surface area contributed by atoms with E-state index in [-0.39, 0.29) is 5.91 Å². The molecule has 0 saturated carbocycles. The molecule has 0 aromatic heterocycles. The van der Waals surface area contributed by atoms with Gasteiger partial charge >= 0.3 is 0 Å². The van der Waals surface area contributed by atoms with Crippen molar-refractivity contribution in [2.75, 3.05) is 25.5 Å². The van der Waals surface area contributed by atoms with Gasteiger partial charge in [0.2, 0.25) is 5.91 Å². The maximum Gasteiger partial charge on any atom is 0.238 e. The summed E-state index contributed by atoms with van der Waals surface area (Å²) in [5.74, 6) is 0.840. The van der Waals surface area contributed by atoms with E-state index in [0.717, 1.165) is 21.5 Å². The zero-order valence-corrected chi connectivity index (χ0v) is 15.0. The molecule has 0 saturated heterocycles. The second-order valence-corrected chi connectivity index (χ2v) is 6.22. The van der Waals surface area contributed by atoms with E-state index in [1.165, 1.54) is 0 Å². The van der Waals surface area contributed by atoms with Crippen LogP contribution in [0.1, 0.15) is 12.5 Å². The first-order chi connectivity index (χ1) is 11.1. The number of rotatable bonds is 7. The Morgan fingerprint density at radius 3 is 2.39 bits per heavy atom. The smallest absolute Gasteiger partial charge is 0.238 e. The second-order valence-electron chi connectivity index (χ2n) is 5.30. The molecule has 0 radical (unpaired) electrons. The van der Waals surface area contributed by atoms with Crippen LogP contribution in [0.25, 0.3) is 0 Å². The molecule has 122 valence electrons. The fourth-order valence-electron chi connectivity index (χ4n) is 2.20. The molecule has 2 aromatic carbocycles. The second kappa shape index (κ2) is 8.70. The predicted molar refractivity (Wildman–Crippen MR) is 96.7 cm³/mol. The Kier molecular flexibility index (Phi) is 6.62. The van der Waals surface area contributed by atoms with Gasteiger partial charge in [0.1, 0.15) is 5.75 Å². The molecular weight excluding hydrogens is 356 g/mol. The molecule has 2 aromatic rings. The van der Waals surface area contributed by atoms with Gasteiger partial charge in [0.05, 0.1) is 13.2 Å². The van der Waals surface area contributed by atoms with E-state index in [1.54, 1.807) is 0 Å². The number of hydrogen-bond acceptors (Lipinski definition) is 3. The minimum atomic E-state index is -0.0271. The first-order valence-corrected chi connectivity index (χ1v) is 8.32. The van der Waals surface area contributed by atoms with Crippen molar-refractivity contribution in [2.24, 2.45) is 0 Å². The number of anilines is 1. The lowest BCUT2D eigenvalue weighted by atomic mass is 10.2. The first kappa shape index (κ1) is 17.5. The summed E-state index contributed by atoms with van der Waals surface area (Å²) in [5.41, 5.74) is 1.94. The summed E-state index contributed by atoms with van der Waals surface area (Å²) in [5, 5.41) is 2.89. The number of ether oxygens (including phenoxy) is 1. The summed E-state index contributed by atoms with van der Waals surface area (Å²) in [6, 6.07) is 15.5. The molecule has 1 N–H and O–H groups in total. The molecule has 2 rings (SSSR count). The van der Waals surface area contributed by atoms with Crippen LogP contribution in [0.4, 0.5) is 5.69 Å². The predicted octanol–water partition coefficient (Wildman–Crippen LogP) is 3.92. The lowest BCUT2D eigenvalue weighted by Crippen LogP contribution is -2.29. The Balaban J connectivity index is 1.82. The SMILES string of the molecule is CCOc1ccc(CN(C)CC(=O)Nc2ccc(Br)cc2)cc1. The number of nitrogens with one attached hydrogen (secondary N) is 1. The molecule has 0 aliphatic rings. The van der Waals surface area contributed by atoms with Crippen LogP contribution < -0.4 is 10.1 Å². The van der Waals surface area contributed by atoms with Crippen LogP contribution in [-0.2, 0) is 11.3 Å². The molecular formula is C18H21BrN2O2. The normalized spacial score (nSPS) is 10.6. The Hall–Kier alpha value is -1.85. The molecule has 0 heterocycles. The molecule has 1 amide bonds. The quantitative estimate of drug-likeness (QED) is 0.795. The molecule has 4 nitrogen and oxygen atoms in total. The Morgan fingerprint density at radius 2 is 1.78 bits per heavy atom. The van der Waals surface area contributed by atoms with E-state index in [4.69, 9.17) is 4.74 Å². The van der Waals surface area contributed by atoms with E-state index in [1.807, 2.05) is 67.4 Å². The van der Waals surface area contributed by atoms with Crippen LogP contribution in [-0.4, -0.2) is 31.0 Å². The third-order valence-corrected chi connectivity index (χ3v) is 3.76. The van der Waals surface area contributed by atoms with Gasteiger partial charge in [0, 0.05) is 16.7 Å². The average Bonchev–Trinajstić information content (AvgIpc) is 2.51. The van der Waals surface area contributed by atoms with Crippen molar-refractivity contribution in [3.63, 3.8) is 0 Å². The molecule has 0 atom stereocenters. The minimum absolute atomic E-state index is 0.0271. The Labute approximate surface area is 145 Å². The number of hydrogen-bond donors (Lipinski definition) is 1. The number of benzene rings is 2. The number of carbonyl (C=O) groups excluding carboxylic acids is 1. The van der Waals surface area contributed by atoms with E-state index >= 15 is 0 Å². The molecule has 0 spiro atoms. The highest BCUT2D eigenvalue weighted by Gasteiger charge is 2.08. The summed E-state index contributed by atoms with van der Waals surface area (Å²) < 4.78 is 6.41. The molecule has 0 bridgehead atoms. The monoisotopic (exact) mass is 376 g/mol. The fraction of sp³-hybridized carbons (Fsp3) is 0.278. The summed E-state index contributed by atoms with van der Waals surface area (Å²) in [4.78, 5) is 14.0. The van der Waals surface area contributed by atoms with Gasteiger partial charge in [-0.1, -0.05) is 28.1 Å². The minimum Gasteiger partial charge on any atom is -0.494 e. The highest BCUT2D eigenvalue weighted by molar-refractivity contribution is 9.10. The topological polar surface area (TPSA) is 41.6 Å². The summed E-state index contributed by atoms with van der Waals surface area (Å²) in [6.45, 7) is 3.67. The lowest BCUT2D eigenvalue weighted by Gasteiger charge is -2.16. The average molecular weight is 377 g/mol. The highest BCUT2D eigenvalue weighted by atomic mass is 79.9. The molecule has 0 aliphatic carbocycles. The fourth-order valence-corrected chi connectivity index (χ4v) is 2.47. The van der Waals surface area contributed by atoms with Gasteiger partial charge in [-0.25, -0.2) is 0 Å². The van der Waals surface area contributed by atoms with Crippen molar-refractivity contribution in [2.45, 2.75) is 13.5 Å². The van der Waals surface area contributed by atoms with Crippen molar-refractivity contribution in [1.29, 1.82) is 0 Å². The summed E-state index contributed by atoms with van der Waals surface area (Å²) >= 11 is 3.37. The van der Waals surface area contributed by atoms with Crippen LogP contribution in [0.2, 0.25) is 0 Å². The zero-order valence-electron chi connectivity index (χ0n) is 13.4. The maximum atomic E-state index is 12.1. The Bertz CT molecular complexity index is 626. The number of amides is 1. The maximum absolute atomic E-state index is 12.1. The van der Waals surface area contributed by atoms with Gasteiger partial charge in [-0.15, -0.1) is 0 Å². The number of carbonyl (C=O) groups is 1. The van der Waals surface area contributed by atoms with Crippen LogP contribution >= 0.6 is 15.9 Å². The summed E-state index contributed by atoms with van der Waals surface area (Å²) in [7, 11) is 1.93. The van der Waals surface area contributed by atoms with Crippen LogP contribution in [0, 0.1) is 0 Å². The van der Waals surface area contributed by atoms with Crippen molar-refractivity contribution < 1.29 is 9.53 Å². The van der Waals surface area contributed by atoms with Crippen molar-refractivity contribution in [3.8, 4) is 5.75 Å². The van der Waals surface area contributed by atoms with Crippen molar-refractivity contribution in [1.82, 2.24) is 4.90 Å². The molecule has 5 heteroatoms. The zero-order chi connectivity index (χ0) is 16.7. The van der Waals surface area contributed by atoms with Crippen molar-refractivity contribution in [3.05, 3.63) is 58.6 Å². The summed E-state index contributed by atoms with van der Waals surface area (Å²) in [6.07, 6.45) is 0. The van der Waals surface area contributed by atoms with Crippen LogP contribution in [0.15, 0.2) is 53.0 Å². The van der Waals surface area contributed by atoms with Gasteiger partial charge in [-0.3, -0.25) is 9.69 Å². The lowest BCUT2D eigenvalue weighted by molar-refractivity contribution is -0.117. The van der Waals surface area contributed by atoms with Crippen molar-refractivity contribution >= 4 is 27.5 Å². The van der Waals surface area contributed by atoms with Gasteiger partial charge in [-0.2, -0.15) is 0 Å². The van der Waals surface area contributed by atoms with Gasteiger partial charge < -0.3 is 10.1 Å². The molecule has 0 aliphatic heterocycles. The van der Waals surface area contributed by atoms with E-state index in [0.29, 0.717) is 19.7 Å². The third-order valence-electron chi connectivity index (χ3n) is 3.23.